The van der Waals surface area contributed by atoms with Crippen LogP contribution in [0, 0.1) is 5.21 Å². The fourth-order valence-electron chi connectivity index (χ4n) is 1.25. The standard InChI is InChI=1S/C8H15N5O/c1-11-8-6(9)3-5(4-7(8)10)13(14)12-2/h3-4,11-13H,9-10H2,1-2H3. The maximum absolute atomic E-state index is 11.3. The SMILES string of the molecule is CNc1c(N)cc([NH+]([O-])NC)cc1N. The van der Waals surface area contributed by atoms with Crippen molar-refractivity contribution in [1.82, 2.24) is 5.43 Å². The second kappa shape index (κ2) is 4.14. The highest BCUT2D eigenvalue weighted by Gasteiger charge is 2.08. The Morgan fingerprint density at radius 1 is 1.21 bits per heavy atom. The van der Waals surface area contributed by atoms with Crippen molar-refractivity contribution in [3.63, 3.8) is 0 Å². The third-order valence-electron chi connectivity index (χ3n) is 1.94. The summed E-state index contributed by atoms with van der Waals surface area (Å²) in [5, 5.41) is 13.9. The van der Waals surface area contributed by atoms with Crippen molar-refractivity contribution >= 4 is 22.7 Å². The summed E-state index contributed by atoms with van der Waals surface area (Å²) in [7, 11) is 3.28. The van der Waals surface area contributed by atoms with Crippen molar-refractivity contribution < 1.29 is 5.17 Å². The van der Waals surface area contributed by atoms with Crippen LogP contribution in [0.25, 0.3) is 0 Å². The molecule has 7 N–H and O–H groups in total. The normalized spacial score (nSPS) is 12.5. The van der Waals surface area contributed by atoms with Crippen LogP contribution in [0.5, 0.6) is 0 Å². The molecule has 0 bridgehead atoms. The number of rotatable bonds is 3. The number of hydrogen-bond donors (Lipinski definition) is 5. The van der Waals surface area contributed by atoms with E-state index < -0.39 is 0 Å². The van der Waals surface area contributed by atoms with Crippen LogP contribution >= 0.6 is 0 Å². The fourth-order valence-corrected chi connectivity index (χ4v) is 1.25. The van der Waals surface area contributed by atoms with E-state index in [1.54, 1.807) is 26.2 Å². The van der Waals surface area contributed by atoms with Crippen LogP contribution in [0.1, 0.15) is 0 Å². The van der Waals surface area contributed by atoms with Crippen LogP contribution in [0.4, 0.5) is 22.7 Å². The third-order valence-corrected chi connectivity index (χ3v) is 1.94. The predicted molar refractivity (Wildman–Crippen MR) is 57.9 cm³/mol. The Labute approximate surface area is 82.4 Å². The number of anilines is 3. The monoisotopic (exact) mass is 197 g/mol. The number of hydrogen-bond acceptors (Lipinski definition) is 5. The molecule has 0 saturated carbocycles. The lowest BCUT2D eigenvalue weighted by atomic mass is 10.2. The molecule has 1 rings (SSSR count). The van der Waals surface area contributed by atoms with Crippen molar-refractivity contribution in [2.75, 3.05) is 30.9 Å². The molecule has 1 aromatic rings. The van der Waals surface area contributed by atoms with Crippen molar-refractivity contribution in [2.45, 2.75) is 0 Å². The molecule has 6 nitrogen and oxygen atoms in total. The number of quaternary nitrogens is 1. The number of nitrogen functional groups attached to an aromatic ring is 2. The van der Waals surface area contributed by atoms with E-state index in [1.807, 2.05) is 0 Å². The maximum Gasteiger partial charge on any atom is 0.154 e. The topological polar surface area (TPSA) is 104 Å². The smallest absolute Gasteiger partial charge is 0.154 e. The van der Waals surface area contributed by atoms with Gasteiger partial charge in [0.15, 0.2) is 5.69 Å². The van der Waals surface area contributed by atoms with Crippen LogP contribution in [0.15, 0.2) is 12.1 Å². The van der Waals surface area contributed by atoms with E-state index in [-0.39, 0.29) is 5.17 Å². The Morgan fingerprint density at radius 3 is 2.07 bits per heavy atom. The molecule has 0 fully saturated rings. The Balaban J connectivity index is 3.13. The van der Waals surface area contributed by atoms with Gasteiger partial charge in [0.2, 0.25) is 0 Å². The van der Waals surface area contributed by atoms with Crippen molar-refractivity contribution in [2.24, 2.45) is 0 Å². The van der Waals surface area contributed by atoms with Gasteiger partial charge in [-0.25, -0.2) is 0 Å². The molecule has 0 saturated heterocycles. The Kier molecular flexibility index (Phi) is 3.13. The second-order valence-corrected chi connectivity index (χ2v) is 2.86. The molecule has 0 radical (unpaired) electrons. The van der Waals surface area contributed by atoms with Gasteiger partial charge in [0.25, 0.3) is 0 Å². The van der Waals surface area contributed by atoms with Gasteiger partial charge in [-0.15, -0.1) is 0 Å². The van der Waals surface area contributed by atoms with Crippen LogP contribution in [-0.2, 0) is 0 Å². The van der Waals surface area contributed by atoms with E-state index in [0.717, 1.165) is 0 Å². The molecule has 0 aliphatic rings. The molecular formula is C8H15N5O. The predicted octanol–water partition coefficient (Wildman–Crippen LogP) is -0.959. The molecule has 14 heavy (non-hydrogen) atoms. The molecule has 0 aliphatic heterocycles. The first kappa shape index (κ1) is 10.6. The minimum Gasteiger partial charge on any atom is -0.608 e. The summed E-state index contributed by atoms with van der Waals surface area (Å²) in [5.41, 5.74) is 15.9. The number of nitrogens with one attached hydrogen (secondary N) is 3. The minimum absolute atomic E-state index is 0.203. The third kappa shape index (κ3) is 1.87. The quantitative estimate of drug-likeness (QED) is 0.317. The van der Waals surface area contributed by atoms with E-state index in [4.69, 9.17) is 11.5 Å². The molecule has 0 aromatic heterocycles. The van der Waals surface area contributed by atoms with Crippen LogP contribution < -0.4 is 27.4 Å². The first-order chi connectivity index (χ1) is 6.60. The van der Waals surface area contributed by atoms with E-state index in [2.05, 4.69) is 10.7 Å². The Hall–Kier alpha value is -1.50. The van der Waals surface area contributed by atoms with Gasteiger partial charge >= 0.3 is 0 Å². The number of nitrogens with two attached hydrogens (primary N) is 2. The molecule has 0 spiro atoms. The highest BCUT2D eigenvalue weighted by Crippen LogP contribution is 2.27. The van der Waals surface area contributed by atoms with Crippen LogP contribution in [0.3, 0.4) is 0 Å². The lowest BCUT2D eigenvalue weighted by molar-refractivity contribution is -0.825. The van der Waals surface area contributed by atoms with E-state index >= 15 is 0 Å². The second-order valence-electron chi connectivity index (χ2n) is 2.86. The van der Waals surface area contributed by atoms with Gasteiger partial charge in [-0.1, -0.05) is 0 Å². The van der Waals surface area contributed by atoms with Gasteiger partial charge in [-0.05, 0) is 0 Å². The van der Waals surface area contributed by atoms with Gasteiger partial charge in [0.05, 0.1) is 17.1 Å². The average molecular weight is 197 g/mol. The lowest BCUT2D eigenvalue weighted by Gasteiger charge is -2.21. The molecule has 1 unspecified atom stereocenters. The summed E-state index contributed by atoms with van der Waals surface area (Å²) in [6.07, 6.45) is 0. The first-order valence-electron chi connectivity index (χ1n) is 4.19. The van der Waals surface area contributed by atoms with Crippen LogP contribution in [-0.4, -0.2) is 14.1 Å². The molecule has 0 amide bonds. The molecule has 1 atom stereocenters. The summed E-state index contributed by atoms with van der Waals surface area (Å²) >= 11 is 0. The van der Waals surface area contributed by atoms with E-state index in [1.165, 1.54) is 0 Å². The molecule has 0 aliphatic carbocycles. The molecule has 78 valence electrons. The Bertz CT molecular complexity index is 305. The number of benzene rings is 1. The first-order valence-corrected chi connectivity index (χ1v) is 4.19. The average Bonchev–Trinajstić information content (AvgIpc) is 2.16. The van der Waals surface area contributed by atoms with E-state index in [9.17, 15) is 5.21 Å². The van der Waals surface area contributed by atoms with Crippen molar-refractivity contribution in [3.8, 4) is 0 Å². The Morgan fingerprint density at radius 2 is 1.71 bits per heavy atom. The zero-order chi connectivity index (χ0) is 10.7. The zero-order valence-electron chi connectivity index (χ0n) is 8.22. The van der Waals surface area contributed by atoms with Crippen molar-refractivity contribution in [3.05, 3.63) is 17.3 Å². The van der Waals surface area contributed by atoms with Crippen LogP contribution in [0.2, 0.25) is 0 Å². The highest BCUT2D eigenvalue weighted by atomic mass is 16.5. The molecule has 1 aromatic carbocycles. The molecule has 0 heterocycles. The zero-order valence-corrected chi connectivity index (χ0v) is 8.22. The highest BCUT2D eigenvalue weighted by molar-refractivity contribution is 5.82. The lowest BCUT2D eigenvalue weighted by Crippen LogP contribution is -3.09. The summed E-state index contributed by atoms with van der Waals surface area (Å²) in [4.78, 5) is 0. The molecular weight excluding hydrogens is 182 g/mol. The van der Waals surface area contributed by atoms with Gasteiger partial charge < -0.3 is 22.0 Å². The summed E-state index contributed by atoms with van der Waals surface area (Å²) in [5.74, 6) is 0. The van der Waals surface area contributed by atoms with Gasteiger partial charge in [-0.3, -0.25) is 5.17 Å². The summed E-state index contributed by atoms with van der Waals surface area (Å²) < 4.78 is 0. The van der Waals surface area contributed by atoms with E-state index in [0.29, 0.717) is 22.7 Å². The van der Waals surface area contributed by atoms with Gasteiger partial charge in [-0.2, -0.15) is 5.43 Å². The largest absolute Gasteiger partial charge is 0.608 e. The summed E-state index contributed by atoms with van der Waals surface area (Å²) in [6.45, 7) is 0. The van der Waals surface area contributed by atoms with Crippen molar-refractivity contribution in [1.29, 1.82) is 0 Å². The fraction of sp³-hybridized carbons (Fsp3) is 0.250. The summed E-state index contributed by atoms with van der Waals surface area (Å²) in [6, 6.07) is 3.17. The van der Waals surface area contributed by atoms with Gasteiger partial charge in [0.1, 0.15) is 0 Å². The van der Waals surface area contributed by atoms with Gasteiger partial charge in [0, 0.05) is 26.2 Å². The molecule has 6 heteroatoms. The maximum atomic E-state index is 11.3. The minimum atomic E-state index is -0.203.